The van der Waals surface area contributed by atoms with Crippen molar-refractivity contribution in [1.29, 1.82) is 0 Å². The van der Waals surface area contributed by atoms with Gasteiger partial charge in [-0.2, -0.15) is 0 Å². The van der Waals surface area contributed by atoms with Gasteiger partial charge in [-0.05, 0) is 61.6 Å². The summed E-state index contributed by atoms with van der Waals surface area (Å²) in [6.45, 7) is 12.4. The van der Waals surface area contributed by atoms with E-state index < -0.39 is 95.3 Å². The Labute approximate surface area is 266 Å². The maximum absolute atomic E-state index is 16.8. The van der Waals surface area contributed by atoms with E-state index in [2.05, 4.69) is 5.32 Å². The number of carbonyl (C=O) groups excluding carboxylic acids is 4. The highest BCUT2D eigenvalue weighted by atomic mass is 19.1. The third-order valence-corrected chi connectivity index (χ3v) is 10.1. The number of ketones is 2. The Balaban J connectivity index is 2.15. The predicted molar refractivity (Wildman–Crippen MR) is 161 cm³/mol. The molecule has 258 valence electrons. The number of amides is 1. The number of carbonyl (C=O) groups is 4. The molecule has 0 spiro atoms. The molecule has 13 heteroatoms. The number of alkyl halides is 1. The molecule has 0 aromatic rings. The summed E-state index contributed by atoms with van der Waals surface area (Å²) in [7, 11) is 6.72. The summed E-state index contributed by atoms with van der Waals surface area (Å²) in [5.41, 5.74) is -5.60. The predicted octanol–water partition coefficient (Wildman–Crippen LogP) is 3.22. The zero-order valence-electron chi connectivity index (χ0n) is 28.8. The third-order valence-electron chi connectivity index (χ3n) is 10.1. The largest absolute Gasteiger partial charge is 0.458 e. The van der Waals surface area contributed by atoms with E-state index in [0.29, 0.717) is 6.42 Å². The molecule has 0 bridgehead atoms. The number of nitrogens with zero attached hydrogens (tertiary/aromatic N) is 1. The van der Waals surface area contributed by atoms with Crippen molar-refractivity contribution in [3.8, 4) is 0 Å². The summed E-state index contributed by atoms with van der Waals surface area (Å²) in [5.74, 6) is -5.57. The molecule has 0 aliphatic carbocycles. The molecule has 13 atom stereocenters. The molecule has 1 N–H and O–H groups in total. The average molecular weight is 645 g/mol. The summed E-state index contributed by atoms with van der Waals surface area (Å²) in [5, 5.41) is 2.63. The molecule has 0 radical (unpaired) electrons. The van der Waals surface area contributed by atoms with Crippen LogP contribution in [0.4, 0.5) is 9.18 Å². The lowest BCUT2D eigenvalue weighted by Gasteiger charge is -2.48. The van der Waals surface area contributed by atoms with Crippen LogP contribution in [0.15, 0.2) is 0 Å². The number of nitrogens with one attached hydrogen (secondary N) is 1. The molecule has 1 amide bonds. The third kappa shape index (κ3) is 7.22. The van der Waals surface area contributed by atoms with Crippen LogP contribution in [0.3, 0.4) is 0 Å². The van der Waals surface area contributed by atoms with Gasteiger partial charge in [0.05, 0.1) is 23.9 Å². The molecule has 3 heterocycles. The van der Waals surface area contributed by atoms with E-state index in [0.717, 1.165) is 6.92 Å². The lowest BCUT2D eigenvalue weighted by molar-refractivity contribution is -0.300. The summed E-state index contributed by atoms with van der Waals surface area (Å²) in [6, 6.07) is -1.13. The molecule has 45 heavy (non-hydrogen) atoms. The van der Waals surface area contributed by atoms with Gasteiger partial charge in [-0.3, -0.25) is 14.4 Å². The van der Waals surface area contributed by atoms with Crippen LogP contribution in [0.5, 0.6) is 0 Å². The number of rotatable bonds is 6. The highest BCUT2D eigenvalue weighted by Gasteiger charge is 2.59. The van der Waals surface area contributed by atoms with Crippen LogP contribution in [0.25, 0.3) is 0 Å². The van der Waals surface area contributed by atoms with E-state index in [1.807, 2.05) is 25.9 Å². The number of fused-ring (bicyclic) bond motifs is 1. The fourth-order valence-corrected chi connectivity index (χ4v) is 7.45. The van der Waals surface area contributed by atoms with Crippen molar-refractivity contribution in [2.24, 2.45) is 17.8 Å². The molecule has 0 saturated carbocycles. The Kier molecular flexibility index (Phi) is 11.5. The van der Waals surface area contributed by atoms with Crippen LogP contribution in [0.2, 0.25) is 0 Å². The monoisotopic (exact) mass is 644 g/mol. The number of halogens is 1. The minimum Gasteiger partial charge on any atom is -0.458 e. The first-order valence-corrected chi connectivity index (χ1v) is 15.8. The minimum absolute atomic E-state index is 0.103. The first kappa shape index (κ1) is 37.3. The first-order chi connectivity index (χ1) is 20.8. The molecule has 0 aromatic heterocycles. The standard InChI is InChI=1S/C32H53FN2O10/c1-13-21-32(8)24(34-29(39)45-32)19(5)25(37)30(6,33)15-31(7,41-12)26(17(3)22(36)18(4)27(38)43-21)44-28-23(40-11)20(35(9)10)14-16(2)42-28/h16-21,23-24,26,28H,13-15H2,1-12H3,(H,34,39)/t16-,17+,18-,19-,20+,21-,23-,24-,26-,28+,30+,31-,32-/m1/s1. The van der Waals surface area contributed by atoms with E-state index in [1.54, 1.807) is 27.7 Å². The summed E-state index contributed by atoms with van der Waals surface area (Å²) < 4.78 is 52.8. The van der Waals surface area contributed by atoms with Gasteiger partial charge in [0.2, 0.25) is 0 Å². The molecule has 12 nitrogen and oxygen atoms in total. The summed E-state index contributed by atoms with van der Waals surface area (Å²) >= 11 is 0. The van der Waals surface area contributed by atoms with Gasteiger partial charge < -0.3 is 38.6 Å². The van der Waals surface area contributed by atoms with Gasteiger partial charge >= 0.3 is 12.1 Å². The zero-order chi connectivity index (χ0) is 34.2. The lowest BCUT2D eigenvalue weighted by atomic mass is 9.72. The lowest BCUT2D eigenvalue weighted by Crippen LogP contribution is -2.62. The minimum atomic E-state index is -2.51. The highest BCUT2D eigenvalue weighted by Crippen LogP contribution is 2.42. The first-order valence-electron chi connectivity index (χ1n) is 15.8. The fourth-order valence-electron chi connectivity index (χ4n) is 7.45. The number of ether oxygens (including phenoxy) is 6. The van der Waals surface area contributed by atoms with E-state index >= 15 is 4.39 Å². The number of alkyl carbamates (subject to hydrolysis) is 1. The van der Waals surface area contributed by atoms with Crippen molar-refractivity contribution in [2.45, 2.75) is 134 Å². The van der Waals surface area contributed by atoms with Crippen LogP contribution in [-0.4, -0.2) is 117 Å². The van der Waals surface area contributed by atoms with Crippen LogP contribution in [0, 0.1) is 17.8 Å². The van der Waals surface area contributed by atoms with Crippen molar-refractivity contribution >= 4 is 23.6 Å². The molecule has 3 fully saturated rings. The second-order valence-corrected chi connectivity index (χ2v) is 13.8. The molecule has 0 unspecified atom stereocenters. The Bertz CT molecular complexity index is 1120. The molecule has 3 aliphatic rings. The van der Waals surface area contributed by atoms with Gasteiger partial charge in [0.1, 0.15) is 18.1 Å². The number of Topliss-reactive ketones (excluding diaryl/α,β-unsaturated/α-hetero) is 2. The highest BCUT2D eigenvalue weighted by molar-refractivity contribution is 6.00. The van der Waals surface area contributed by atoms with Crippen molar-refractivity contribution in [3.63, 3.8) is 0 Å². The van der Waals surface area contributed by atoms with Gasteiger partial charge in [-0.25, -0.2) is 9.18 Å². The van der Waals surface area contributed by atoms with Gasteiger partial charge in [0.15, 0.2) is 29.1 Å². The van der Waals surface area contributed by atoms with E-state index in [-0.39, 0.29) is 18.6 Å². The van der Waals surface area contributed by atoms with Crippen LogP contribution >= 0.6 is 0 Å². The Morgan fingerprint density at radius 3 is 2.18 bits per heavy atom. The summed E-state index contributed by atoms with van der Waals surface area (Å²) in [6.07, 6.45) is -4.49. The normalized spacial score (nSPS) is 45.4. The Hall–Kier alpha value is -2.19. The maximum Gasteiger partial charge on any atom is 0.408 e. The number of methoxy groups -OCH3 is 2. The van der Waals surface area contributed by atoms with Crippen molar-refractivity contribution in [3.05, 3.63) is 0 Å². The molecule has 3 aliphatic heterocycles. The van der Waals surface area contributed by atoms with Crippen molar-refractivity contribution in [2.75, 3.05) is 28.3 Å². The molecular formula is C32H53FN2O10. The Morgan fingerprint density at radius 1 is 1.02 bits per heavy atom. The molecule has 0 aromatic carbocycles. The number of hydrogen-bond donors (Lipinski definition) is 1. The van der Waals surface area contributed by atoms with Gasteiger partial charge in [-0.15, -0.1) is 0 Å². The smallest absolute Gasteiger partial charge is 0.408 e. The molecule has 3 rings (SSSR count). The zero-order valence-corrected chi connectivity index (χ0v) is 28.8. The van der Waals surface area contributed by atoms with E-state index in [1.165, 1.54) is 28.1 Å². The second-order valence-electron chi connectivity index (χ2n) is 13.8. The second kappa shape index (κ2) is 13.9. The van der Waals surface area contributed by atoms with Crippen molar-refractivity contribution in [1.82, 2.24) is 10.2 Å². The number of esters is 1. The molecular weight excluding hydrogens is 591 g/mol. The van der Waals surface area contributed by atoms with Crippen LogP contribution in [-0.2, 0) is 42.8 Å². The SMILES string of the molecule is CC[C@H]1OC(=O)[C@H](C)C(=O)[C@H](C)[C@@H](O[C@@H]2O[C@H](C)C[C@H](N(C)C)[C@H]2OC)[C@](C)(OC)C[C@](C)(F)C(=O)[C@H](C)[C@H]2NC(=O)O[C@@]21C. The maximum atomic E-state index is 16.8. The number of likely N-dealkylation sites (N-methyl/N-ethyl adjacent to an activating group) is 1. The van der Waals surface area contributed by atoms with Crippen LogP contribution < -0.4 is 5.32 Å². The number of cyclic esters (lactones) is 1. The summed E-state index contributed by atoms with van der Waals surface area (Å²) in [4.78, 5) is 56.0. The molecule has 3 saturated heterocycles. The van der Waals surface area contributed by atoms with Gasteiger partial charge in [-0.1, -0.05) is 20.8 Å². The van der Waals surface area contributed by atoms with Gasteiger partial charge in [0.25, 0.3) is 0 Å². The van der Waals surface area contributed by atoms with E-state index in [9.17, 15) is 19.2 Å². The number of hydrogen-bond acceptors (Lipinski definition) is 11. The van der Waals surface area contributed by atoms with Crippen molar-refractivity contribution < 1.29 is 52.0 Å². The fraction of sp³-hybridized carbons (Fsp3) is 0.875. The van der Waals surface area contributed by atoms with Gasteiger partial charge in [0, 0.05) is 38.5 Å². The quantitative estimate of drug-likeness (QED) is 0.337. The topological polar surface area (TPSA) is 139 Å². The Morgan fingerprint density at radius 2 is 1.64 bits per heavy atom. The van der Waals surface area contributed by atoms with E-state index in [4.69, 9.17) is 28.4 Å². The average Bonchev–Trinajstić information content (AvgIpc) is 3.29. The van der Waals surface area contributed by atoms with Crippen LogP contribution in [0.1, 0.15) is 74.7 Å².